The molecular formula is C26H38N4O2. The molecule has 0 aliphatic carbocycles. The van der Waals surface area contributed by atoms with Gasteiger partial charge in [-0.25, -0.2) is 9.97 Å². The summed E-state index contributed by atoms with van der Waals surface area (Å²) >= 11 is 0. The predicted molar refractivity (Wildman–Crippen MR) is 129 cm³/mol. The first kappa shape index (κ1) is 24.0. The molecule has 0 atom stereocenters. The summed E-state index contributed by atoms with van der Waals surface area (Å²) in [6.07, 6.45) is 7.34. The lowest BCUT2D eigenvalue weighted by Crippen LogP contribution is -2.49. The highest BCUT2D eigenvalue weighted by molar-refractivity contribution is 5.76. The molecule has 6 nitrogen and oxygen atoms in total. The van der Waals surface area contributed by atoms with Crippen molar-refractivity contribution in [3.8, 4) is 5.75 Å². The third kappa shape index (κ3) is 6.44. The number of anilines is 1. The van der Waals surface area contributed by atoms with Crippen molar-refractivity contribution in [3.05, 3.63) is 46.9 Å². The number of hydrogen-bond acceptors (Lipinski definition) is 5. The zero-order valence-electron chi connectivity index (χ0n) is 20.2. The molecule has 32 heavy (non-hydrogen) atoms. The van der Waals surface area contributed by atoms with Gasteiger partial charge in [-0.3, -0.25) is 4.79 Å². The second-order valence-corrected chi connectivity index (χ2v) is 8.72. The highest BCUT2D eigenvalue weighted by Gasteiger charge is 2.24. The van der Waals surface area contributed by atoms with Crippen LogP contribution in [0.4, 0.5) is 5.82 Å². The topological polar surface area (TPSA) is 58.6 Å². The lowest BCUT2D eigenvalue weighted by molar-refractivity contribution is -0.131. The summed E-state index contributed by atoms with van der Waals surface area (Å²) in [4.78, 5) is 26.4. The first-order valence-corrected chi connectivity index (χ1v) is 12.0. The Morgan fingerprint density at radius 2 is 1.78 bits per heavy atom. The molecule has 1 aliphatic rings. The predicted octanol–water partition coefficient (Wildman–Crippen LogP) is 4.70. The molecule has 1 aromatic carbocycles. The monoisotopic (exact) mass is 438 g/mol. The van der Waals surface area contributed by atoms with Crippen molar-refractivity contribution in [2.75, 3.05) is 38.2 Å². The lowest BCUT2D eigenvalue weighted by atomic mass is 10.0. The second-order valence-electron chi connectivity index (χ2n) is 8.72. The number of ether oxygens (including phenoxy) is 1. The van der Waals surface area contributed by atoms with E-state index in [1.807, 2.05) is 24.0 Å². The van der Waals surface area contributed by atoms with Gasteiger partial charge in [0.25, 0.3) is 0 Å². The Balaban J connectivity index is 1.65. The normalized spacial score (nSPS) is 14.0. The first-order chi connectivity index (χ1) is 15.5. The van der Waals surface area contributed by atoms with Crippen molar-refractivity contribution >= 4 is 11.7 Å². The molecular weight excluding hydrogens is 400 g/mol. The third-order valence-electron chi connectivity index (χ3n) is 6.25. The van der Waals surface area contributed by atoms with Gasteiger partial charge in [-0.15, -0.1) is 0 Å². The number of benzene rings is 1. The van der Waals surface area contributed by atoms with Crippen LogP contribution in [0, 0.1) is 13.8 Å². The molecule has 1 aliphatic heterocycles. The van der Waals surface area contributed by atoms with Crippen LogP contribution in [0.1, 0.15) is 68.1 Å². The molecule has 0 bridgehead atoms. The van der Waals surface area contributed by atoms with Crippen molar-refractivity contribution in [1.29, 1.82) is 0 Å². The van der Waals surface area contributed by atoms with E-state index in [9.17, 15) is 4.79 Å². The van der Waals surface area contributed by atoms with Crippen LogP contribution in [0.15, 0.2) is 24.3 Å². The fourth-order valence-corrected chi connectivity index (χ4v) is 4.38. The number of amides is 1. The van der Waals surface area contributed by atoms with E-state index in [0.717, 1.165) is 74.1 Å². The number of piperazine rings is 1. The van der Waals surface area contributed by atoms with Gasteiger partial charge in [-0.05, 0) is 38.0 Å². The number of rotatable bonds is 10. The van der Waals surface area contributed by atoms with E-state index in [4.69, 9.17) is 9.72 Å². The Hall–Kier alpha value is -2.63. The molecule has 6 heteroatoms. The molecule has 0 spiro atoms. The van der Waals surface area contributed by atoms with Crippen LogP contribution in [-0.2, 0) is 11.2 Å². The van der Waals surface area contributed by atoms with Gasteiger partial charge in [-0.1, -0.05) is 44.7 Å². The van der Waals surface area contributed by atoms with Crippen LogP contribution >= 0.6 is 0 Å². The van der Waals surface area contributed by atoms with Gasteiger partial charge in [0.15, 0.2) is 0 Å². The maximum atomic E-state index is 12.6. The van der Waals surface area contributed by atoms with E-state index in [2.05, 4.69) is 35.9 Å². The molecule has 2 heterocycles. The molecule has 174 valence electrons. The molecule has 0 radical (unpaired) electrons. The van der Waals surface area contributed by atoms with Crippen molar-refractivity contribution < 1.29 is 9.53 Å². The highest BCUT2D eigenvalue weighted by Crippen LogP contribution is 2.26. The fourth-order valence-electron chi connectivity index (χ4n) is 4.38. The van der Waals surface area contributed by atoms with Crippen molar-refractivity contribution in [2.24, 2.45) is 0 Å². The molecule has 2 aromatic rings. The Bertz CT molecular complexity index is 891. The average Bonchev–Trinajstić information content (AvgIpc) is 2.80. The SMILES string of the molecule is CCCCCCCC(=O)N1CCN(c2nc(C)nc(C)c2Cc2cccc(OC)c2)CC1. The third-order valence-corrected chi connectivity index (χ3v) is 6.25. The van der Waals surface area contributed by atoms with Gasteiger partial charge in [-0.2, -0.15) is 0 Å². The minimum Gasteiger partial charge on any atom is -0.497 e. The van der Waals surface area contributed by atoms with Gasteiger partial charge in [0.05, 0.1) is 7.11 Å². The maximum absolute atomic E-state index is 12.6. The summed E-state index contributed by atoms with van der Waals surface area (Å²) in [5.41, 5.74) is 3.35. The van der Waals surface area contributed by atoms with Crippen LogP contribution in [0.5, 0.6) is 5.75 Å². The van der Waals surface area contributed by atoms with E-state index in [-0.39, 0.29) is 0 Å². The highest BCUT2D eigenvalue weighted by atomic mass is 16.5. The number of hydrogen-bond donors (Lipinski definition) is 0. The second kappa shape index (κ2) is 11.8. The summed E-state index contributed by atoms with van der Waals surface area (Å²) in [5, 5.41) is 0. The van der Waals surface area contributed by atoms with E-state index in [0.29, 0.717) is 12.3 Å². The standard InChI is InChI=1S/C26H38N4O2/c1-5-6-7-8-9-13-25(31)29-14-16-30(17-15-29)26-24(20(2)27-21(3)28-26)19-22-11-10-12-23(18-22)32-4/h10-12,18H,5-9,13-17,19H2,1-4H3. The molecule has 1 amide bonds. The van der Waals surface area contributed by atoms with Gasteiger partial charge in [0.2, 0.25) is 5.91 Å². The van der Waals surface area contributed by atoms with Crippen molar-refractivity contribution in [2.45, 2.75) is 65.7 Å². The summed E-state index contributed by atoms with van der Waals surface area (Å²) in [6.45, 7) is 9.36. The zero-order chi connectivity index (χ0) is 22.9. The Labute approximate surface area is 193 Å². The van der Waals surface area contributed by atoms with Crippen LogP contribution in [0.2, 0.25) is 0 Å². The van der Waals surface area contributed by atoms with Gasteiger partial charge in [0, 0.05) is 50.3 Å². The summed E-state index contributed by atoms with van der Waals surface area (Å²) < 4.78 is 5.39. The van der Waals surface area contributed by atoms with E-state index >= 15 is 0 Å². The summed E-state index contributed by atoms with van der Waals surface area (Å²) in [5.74, 6) is 2.95. The number of carbonyl (C=O) groups is 1. The number of aromatic nitrogens is 2. The molecule has 0 saturated carbocycles. The average molecular weight is 439 g/mol. The number of aryl methyl sites for hydroxylation is 2. The number of carbonyl (C=O) groups excluding carboxylic acids is 1. The number of methoxy groups -OCH3 is 1. The molecule has 0 N–H and O–H groups in total. The van der Waals surface area contributed by atoms with Crippen LogP contribution in [0.3, 0.4) is 0 Å². The fraction of sp³-hybridized carbons (Fsp3) is 0.577. The zero-order valence-corrected chi connectivity index (χ0v) is 20.2. The van der Waals surface area contributed by atoms with Crippen LogP contribution < -0.4 is 9.64 Å². The van der Waals surface area contributed by atoms with Crippen molar-refractivity contribution in [1.82, 2.24) is 14.9 Å². The summed E-state index contributed by atoms with van der Waals surface area (Å²) in [6, 6.07) is 8.16. The Morgan fingerprint density at radius 3 is 2.50 bits per heavy atom. The maximum Gasteiger partial charge on any atom is 0.222 e. The first-order valence-electron chi connectivity index (χ1n) is 12.0. The number of unbranched alkanes of at least 4 members (excludes halogenated alkanes) is 4. The Kier molecular flexibility index (Phi) is 8.89. The van der Waals surface area contributed by atoms with Gasteiger partial charge >= 0.3 is 0 Å². The van der Waals surface area contributed by atoms with Crippen molar-refractivity contribution in [3.63, 3.8) is 0 Å². The number of nitrogens with zero attached hydrogens (tertiary/aromatic N) is 4. The van der Waals surface area contributed by atoms with E-state index < -0.39 is 0 Å². The molecule has 1 fully saturated rings. The molecule has 3 rings (SSSR count). The van der Waals surface area contributed by atoms with Gasteiger partial charge in [0.1, 0.15) is 17.4 Å². The minimum atomic E-state index is 0.299. The smallest absolute Gasteiger partial charge is 0.222 e. The van der Waals surface area contributed by atoms with E-state index in [1.54, 1.807) is 7.11 Å². The van der Waals surface area contributed by atoms with Gasteiger partial charge < -0.3 is 14.5 Å². The lowest BCUT2D eigenvalue weighted by Gasteiger charge is -2.36. The van der Waals surface area contributed by atoms with Crippen LogP contribution in [-0.4, -0.2) is 54.1 Å². The Morgan fingerprint density at radius 1 is 1.03 bits per heavy atom. The van der Waals surface area contributed by atoms with E-state index in [1.165, 1.54) is 24.8 Å². The quantitative estimate of drug-likeness (QED) is 0.503. The largest absolute Gasteiger partial charge is 0.497 e. The molecule has 1 aromatic heterocycles. The minimum absolute atomic E-state index is 0.299. The van der Waals surface area contributed by atoms with Crippen LogP contribution in [0.25, 0.3) is 0 Å². The summed E-state index contributed by atoms with van der Waals surface area (Å²) in [7, 11) is 1.69. The molecule has 1 saturated heterocycles. The molecule has 0 unspecified atom stereocenters.